The van der Waals surface area contributed by atoms with E-state index in [4.69, 9.17) is 0 Å². The first kappa shape index (κ1) is 16.5. The largest absolute Gasteiger partial charge is 0.377 e. The summed E-state index contributed by atoms with van der Waals surface area (Å²) in [6, 6.07) is 10.8. The zero-order valence-electron chi connectivity index (χ0n) is 16.1. The van der Waals surface area contributed by atoms with Gasteiger partial charge in [-0.2, -0.15) is 0 Å². The molecule has 2 aromatic rings. The van der Waals surface area contributed by atoms with Crippen molar-refractivity contribution in [3.8, 4) is 0 Å². The minimum Gasteiger partial charge on any atom is -0.377 e. The first-order chi connectivity index (χ1) is 13.0. The van der Waals surface area contributed by atoms with E-state index in [0.29, 0.717) is 0 Å². The van der Waals surface area contributed by atoms with Gasteiger partial charge in [0.05, 0.1) is 23.2 Å². The predicted molar refractivity (Wildman–Crippen MR) is 110 cm³/mol. The fourth-order valence-corrected chi connectivity index (χ4v) is 4.95. The van der Waals surface area contributed by atoms with E-state index in [2.05, 4.69) is 47.1 Å². The summed E-state index contributed by atoms with van der Waals surface area (Å²) in [5.74, 6) is 0.0721. The number of carbonyl (C=O) groups excluding carboxylic acids is 1. The molecular formula is C22H26N4O. The van der Waals surface area contributed by atoms with Crippen LogP contribution in [0, 0.1) is 0 Å². The molecule has 140 valence electrons. The number of rotatable bonds is 1. The summed E-state index contributed by atoms with van der Waals surface area (Å²) in [6.07, 6.45) is 4.23. The molecule has 1 spiro atoms. The third-order valence-corrected chi connectivity index (χ3v) is 6.22. The van der Waals surface area contributed by atoms with Gasteiger partial charge >= 0.3 is 0 Å². The van der Waals surface area contributed by atoms with Crippen molar-refractivity contribution in [3.05, 3.63) is 52.6 Å². The molecule has 0 radical (unpaired) electrons. The maximum atomic E-state index is 12.8. The van der Waals surface area contributed by atoms with Crippen LogP contribution in [-0.2, 0) is 19.3 Å². The molecule has 0 saturated heterocycles. The second-order valence-corrected chi connectivity index (χ2v) is 8.44. The van der Waals surface area contributed by atoms with Gasteiger partial charge < -0.3 is 20.9 Å². The number of anilines is 3. The average molecular weight is 362 g/mol. The van der Waals surface area contributed by atoms with Crippen LogP contribution in [0.2, 0.25) is 0 Å². The molecule has 1 unspecified atom stereocenters. The maximum Gasteiger partial charge on any atom is 0.253 e. The van der Waals surface area contributed by atoms with Crippen LogP contribution < -0.4 is 16.0 Å². The van der Waals surface area contributed by atoms with Crippen molar-refractivity contribution in [2.24, 2.45) is 0 Å². The van der Waals surface area contributed by atoms with Gasteiger partial charge in [0, 0.05) is 25.2 Å². The summed E-state index contributed by atoms with van der Waals surface area (Å²) < 4.78 is 0. The fraction of sp³-hybridized carbons (Fsp3) is 0.409. The highest BCUT2D eigenvalue weighted by atomic mass is 16.2. The van der Waals surface area contributed by atoms with Crippen molar-refractivity contribution in [1.29, 1.82) is 0 Å². The molecular weight excluding hydrogens is 336 g/mol. The maximum absolute atomic E-state index is 12.8. The van der Waals surface area contributed by atoms with Crippen molar-refractivity contribution in [2.45, 2.75) is 44.3 Å². The molecule has 27 heavy (non-hydrogen) atoms. The molecule has 5 rings (SSSR count). The highest BCUT2D eigenvalue weighted by Gasteiger charge is 2.42. The molecule has 1 amide bonds. The molecule has 0 saturated carbocycles. The normalized spacial score (nSPS) is 20.8. The smallest absolute Gasteiger partial charge is 0.253 e. The highest BCUT2D eigenvalue weighted by molar-refractivity contribution is 6.03. The van der Waals surface area contributed by atoms with Crippen molar-refractivity contribution in [2.75, 3.05) is 30.0 Å². The van der Waals surface area contributed by atoms with Crippen LogP contribution in [-0.4, -0.2) is 36.6 Å². The van der Waals surface area contributed by atoms with Crippen molar-refractivity contribution >= 4 is 23.0 Å². The Balaban J connectivity index is 1.60. The Labute approximate surface area is 160 Å². The number of benzene rings is 2. The Morgan fingerprint density at radius 2 is 1.81 bits per heavy atom. The number of carbonyl (C=O) groups is 1. The van der Waals surface area contributed by atoms with E-state index >= 15 is 0 Å². The molecule has 0 aromatic heterocycles. The van der Waals surface area contributed by atoms with Crippen LogP contribution in [0.4, 0.5) is 17.1 Å². The summed E-state index contributed by atoms with van der Waals surface area (Å²) in [4.78, 5) is 14.5. The van der Waals surface area contributed by atoms with Crippen LogP contribution in [0.3, 0.4) is 0 Å². The van der Waals surface area contributed by atoms with Crippen LogP contribution in [0.5, 0.6) is 0 Å². The third-order valence-electron chi connectivity index (χ3n) is 6.22. The Morgan fingerprint density at radius 3 is 2.48 bits per heavy atom. The first-order valence-electron chi connectivity index (χ1n) is 9.75. The van der Waals surface area contributed by atoms with Crippen LogP contribution in [0.15, 0.2) is 30.3 Å². The highest BCUT2D eigenvalue weighted by Crippen LogP contribution is 2.48. The molecule has 0 bridgehead atoms. The quantitative estimate of drug-likeness (QED) is 0.727. The van der Waals surface area contributed by atoms with Crippen molar-refractivity contribution in [3.63, 3.8) is 0 Å². The lowest BCUT2D eigenvalue weighted by molar-refractivity contribution is 0.0826. The summed E-state index contributed by atoms with van der Waals surface area (Å²) >= 11 is 0. The second kappa shape index (κ2) is 5.65. The Kier molecular flexibility index (Phi) is 3.45. The van der Waals surface area contributed by atoms with E-state index in [-0.39, 0.29) is 17.6 Å². The van der Waals surface area contributed by atoms with Crippen LogP contribution in [0.1, 0.15) is 40.4 Å². The number of nitrogens with one attached hydrogen (secondary N) is 3. The third kappa shape index (κ3) is 2.48. The lowest BCUT2D eigenvalue weighted by Crippen LogP contribution is -2.43. The zero-order chi connectivity index (χ0) is 18.8. The predicted octanol–water partition coefficient (Wildman–Crippen LogP) is 3.47. The van der Waals surface area contributed by atoms with Crippen LogP contribution >= 0.6 is 0 Å². The summed E-state index contributed by atoms with van der Waals surface area (Å²) in [5.41, 5.74) is 8.17. The molecule has 3 N–H and O–H groups in total. The molecule has 1 atom stereocenters. The Bertz CT molecular complexity index is 925. The van der Waals surface area contributed by atoms with Gasteiger partial charge in [0.25, 0.3) is 5.91 Å². The van der Waals surface area contributed by atoms with Gasteiger partial charge in [-0.15, -0.1) is 0 Å². The lowest BCUT2D eigenvalue weighted by atomic mass is 9.81. The minimum absolute atomic E-state index is 0.0533. The Hall–Kier alpha value is -2.69. The van der Waals surface area contributed by atoms with Gasteiger partial charge in [-0.1, -0.05) is 24.3 Å². The summed E-state index contributed by atoms with van der Waals surface area (Å²) in [6.45, 7) is 2.10. The van der Waals surface area contributed by atoms with E-state index in [9.17, 15) is 4.79 Å². The number of nitrogens with zero attached hydrogens (tertiary/aromatic N) is 1. The molecule has 2 heterocycles. The van der Waals surface area contributed by atoms with Crippen molar-refractivity contribution < 1.29 is 4.79 Å². The average Bonchev–Trinajstić information content (AvgIpc) is 3.19. The molecule has 5 heteroatoms. The molecule has 2 aliphatic heterocycles. The van der Waals surface area contributed by atoms with Gasteiger partial charge in [-0.05, 0) is 55.4 Å². The topological polar surface area (TPSA) is 56.4 Å². The zero-order valence-corrected chi connectivity index (χ0v) is 16.1. The first-order valence-corrected chi connectivity index (χ1v) is 9.75. The van der Waals surface area contributed by atoms with Gasteiger partial charge in [-0.3, -0.25) is 4.79 Å². The minimum atomic E-state index is 0.0533. The lowest BCUT2D eigenvalue weighted by Gasteiger charge is -2.39. The fourth-order valence-electron chi connectivity index (χ4n) is 4.95. The van der Waals surface area contributed by atoms with E-state index < -0.39 is 0 Å². The van der Waals surface area contributed by atoms with Gasteiger partial charge in [0.15, 0.2) is 0 Å². The number of hydrogen-bond donors (Lipinski definition) is 3. The van der Waals surface area contributed by atoms with E-state index in [0.717, 1.165) is 53.9 Å². The molecule has 0 fully saturated rings. The second-order valence-electron chi connectivity index (χ2n) is 8.44. The number of amides is 1. The van der Waals surface area contributed by atoms with Gasteiger partial charge in [0.2, 0.25) is 0 Å². The van der Waals surface area contributed by atoms with Gasteiger partial charge in [0.1, 0.15) is 0 Å². The molecule has 1 aliphatic carbocycles. The van der Waals surface area contributed by atoms with Gasteiger partial charge in [-0.25, -0.2) is 0 Å². The number of fused-ring (bicyclic) bond motifs is 4. The van der Waals surface area contributed by atoms with E-state index in [1.807, 2.05) is 20.2 Å². The molecule has 5 nitrogen and oxygen atoms in total. The van der Waals surface area contributed by atoms with Crippen LogP contribution in [0.25, 0.3) is 0 Å². The SMILES string of the molecule is CC1Nc2cc(C(=O)N(C)C)c3c(c2N1)NC1(CC3)Cc2ccccc2C1. The van der Waals surface area contributed by atoms with E-state index in [1.54, 1.807) is 4.90 Å². The van der Waals surface area contributed by atoms with E-state index in [1.165, 1.54) is 11.1 Å². The molecule has 3 aliphatic rings. The molecule has 2 aromatic carbocycles. The summed E-state index contributed by atoms with van der Waals surface area (Å²) in [7, 11) is 3.64. The Morgan fingerprint density at radius 1 is 1.11 bits per heavy atom. The monoisotopic (exact) mass is 362 g/mol. The van der Waals surface area contributed by atoms with Crippen molar-refractivity contribution in [1.82, 2.24) is 4.90 Å². The standard InChI is InChI=1S/C22H26N4O/c1-13-23-18-10-17(21(27)26(2)3)16-8-9-22(25-19(16)20(18)24-13)11-14-6-4-5-7-15(14)12-22/h4-7,10,13,23-25H,8-9,11-12H2,1-3H3. The number of hydrogen-bond acceptors (Lipinski definition) is 4. The summed E-state index contributed by atoms with van der Waals surface area (Å²) in [5, 5.41) is 10.9.